The SMILES string of the molecule is CNCc1sc(N(C)CC2CCCCC2)nc1COC. The Bertz CT molecular complexity index is 378. The molecule has 1 aromatic heterocycles. The second-order valence-electron chi connectivity index (χ2n) is 5.71. The van der Waals surface area contributed by atoms with E-state index in [0.717, 1.165) is 29.8 Å². The molecule has 0 unspecified atom stereocenters. The largest absolute Gasteiger partial charge is 0.378 e. The molecule has 114 valence electrons. The molecule has 1 N–H and O–H groups in total. The van der Waals surface area contributed by atoms with Crippen LogP contribution >= 0.6 is 11.3 Å². The molecule has 1 heterocycles. The summed E-state index contributed by atoms with van der Waals surface area (Å²) in [5.74, 6) is 0.844. The minimum Gasteiger partial charge on any atom is -0.378 e. The molecule has 2 rings (SSSR count). The van der Waals surface area contributed by atoms with Crippen molar-refractivity contribution in [2.24, 2.45) is 5.92 Å². The first kappa shape index (κ1) is 15.7. The molecular weight excluding hydrogens is 270 g/mol. The van der Waals surface area contributed by atoms with Gasteiger partial charge in [-0.15, -0.1) is 11.3 Å². The molecule has 0 radical (unpaired) electrons. The van der Waals surface area contributed by atoms with Gasteiger partial charge in [-0.3, -0.25) is 0 Å². The van der Waals surface area contributed by atoms with E-state index in [1.54, 1.807) is 18.4 Å². The van der Waals surface area contributed by atoms with Gasteiger partial charge in [-0.25, -0.2) is 4.98 Å². The zero-order chi connectivity index (χ0) is 14.4. The molecule has 0 bridgehead atoms. The number of anilines is 1. The Labute approximate surface area is 126 Å². The molecule has 4 nitrogen and oxygen atoms in total. The van der Waals surface area contributed by atoms with E-state index in [1.807, 2.05) is 7.05 Å². The van der Waals surface area contributed by atoms with Crippen LogP contribution in [0.15, 0.2) is 0 Å². The number of hydrogen-bond donors (Lipinski definition) is 1. The molecule has 0 spiro atoms. The maximum Gasteiger partial charge on any atom is 0.185 e. The van der Waals surface area contributed by atoms with Crippen molar-refractivity contribution in [2.75, 3.05) is 32.6 Å². The van der Waals surface area contributed by atoms with Crippen LogP contribution in [0.1, 0.15) is 42.7 Å². The Balaban J connectivity index is 2.00. The third-order valence-electron chi connectivity index (χ3n) is 3.97. The summed E-state index contributed by atoms with van der Waals surface area (Å²) < 4.78 is 5.26. The highest BCUT2D eigenvalue weighted by molar-refractivity contribution is 7.15. The summed E-state index contributed by atoms with van der Waals surface area (Å²) in [6, 6.07) is 0. The number of aromatic nitrogens is 1. The first-order valence-corrected chi connectivity index (χ1v) is 8.39. The van der Waals surface area contributed by atoms with Crippen LogP contribution in [0.5, 0.6) is 0 Å². The Morgan fingerprint density at radius 3 is 2.75 bits per heavy atom. The topological polar surface area (TPSA) is 37.4 Å². The van der Waals surface area contributed by atoms with E-state index in [0.29, 0.717) is 6.61 Å². The second-order valence-corrected chi connectivity index (χ2v) is 6.78. The fourth-order valence-corrected chi connectivity index (χ4v) is 3.96. The van der Waals surface area contributed by atoms with Crippen molar-refractivity contribution in [3.8, 4) is 0 Å². The van der Waals surface area contributed by atoms with Gasteiger partial charge in [-0.1, -0.05) is 19.3 Å². The first-order chi connectivity index (χ1) is 9.74. The fraction of sp³-hybridized carbons (Fsp3) is 0.800. The Morgan fingerprint density at radius 2 is 2.10 bits per heavy atom. The van der Waals surface area contributed by atoms with Crippen molar-refractivity contribution in [3.05, 3.63) is 10.6 Å². The molecule has 0 atom stereocenters. The summed E-state index contributed by atoms with van der Waals surface area (Å²) in [5.41, 5.74) is 1.08. The molecule has 1 aliphatic carbocycles. The summed E-state index contributed by atoms with van der Waals surface area (Å²) >= 11 is 1.79. The predicted molar refractivity (Wildman–Crippen MR) is 85.4 cm³/mol. The zero-order valence-electron chi connectivity index (χ0n) is 12.9. The molecule has 1 fully saturated rings. The van der Waals surface area contributed by atoms with Gasteiger partial charge in [-0.2, -0.15) is 0 Å². The summed E-state index contributed by atoms with van der Waals surface area (Å²) in [6.45, 7) is 2.61. The molecule has 20 heavy (non-hydrogen) atoms. The number of hydrogen-bond acceptors (Lipinski definition) is 5. The lowest BCUT2D eigenvalue weighted by Gasteiger charge is -2.26. The third-order valence-corrected chi connectivity index (χ3v) is 5.18. The zero-order valence-corrected chi connectivity index (χ0v) is 13.8. The van der Waals surface area contributed by atoms with Crippen LogP contribution in [0.4, 0.5) is 5.13 Å². The molecule has 1 aromatic rings. The number of nitrogens with one attached hydrogen (secondary N) is 1. The van der Waals surface area contributed by atoms with E-state index in [1.165, 1.54) is 37.0 Å². The van der Waals surface area contributed by atoms with Crippen LogP contribution < -0.4 is 10.2 Å². The summed E-state index contributed by atoms with van der Waals surface area (Å²) in [6.07, 6.45) is 6.97. The number of thiazole rings is 1. The molecule has 0 amide bonds. The molecule has 0 aliphatic heterocycles. The number of nitrogens with zero attached hydrogens (tertiary/aromatic N) is 2. The van der Waals surface area contributed by atoms with Crippen molar-refractivity contribution < 1.29 is 4.74 Å². The molecule has 1 aliphatic rings. The predicted octanol–water partition coefficient (Wildman–Crippen LogP) is 3.03. The molecule has 1 saturated carbocycles. The van der Waals surface area contributed by atoms with E-state index in [-0.39, 0.29) is 0 Å². The third kappa shape index (κ3) is 4.17. The number of rotatable bonds is 7. The molecule has 5 heteroatoms. The maximum absolute atomic E-state index is 5.26. The standard InChI is InChI=1S/C15H27N3OS/c1-16-9-14-13(11-19-3)17-15(20-14)18(2)10-12-7-5-4-6-8-12/h12,16H,4-11H2,1-3H3. The number of ether oxygens (including phenoxy) is 1. The van der Waals surface area contributed by atoms with Gasteiger partial charge in [0.05, 0.1) is 12.3 Å². The fourth-order valence-electron chi connectivity index (χ4n) is 2.92. The minimum absolute atomic E-state index is 0.602. The Hall–Kier alpha value is -0.650. The van der Waals surface area contributed by atoms with Gasteiger partial charge >= 0.3 is 0 Å². The monoisotopic (exact) mass is 297 g/mol. The lowest BCUT2D eigenvalue weighted by Crippen LogP contribution is -2.26. The van der Waals surface area contributed by atoms with Crippen LogP contribution in [-0.4, -0.2) is 32.7 Å². The van der Waals surface area contributed by atoms with Crippen LogP contribution in [-0.2, 0) is 17.9 Å². The molecule has 0 aromatic carbocycles. The van der Waals surface area contributed by atoms with Crippen molar-refractivity contribution in [1.82, 2.24) is 10.3 Å². The quantitative estimate of drug-likeness (QED) is 0.839. The van der Waals surface area contributed by atoms with Gasteiger partial charge < -0.3 is 15.0 Å². The Kier molecular flexibility index (Phi) is 6.26. The van der Waals surface area contributed by atoms with E-state index in [2.05, 4.69) is 17.3 Å². The van der Waals surface area contributed by atoms with Crippen LogP contribution in [0.25, 0.3) is 0 Å². The van der Waals surface area contributed by atoms with Crippen LogP contribution in [0.2, 0.25) is 0 Å². The van der Waals surface area contributed by atoms with E-state index in [4.69, 9.17) is 9.72 Å². The first-order valence-electron chi connectivity index (χ1n) is 7.57. The number of methoxy groups -OCH3 is 1. The minimum atomic E-state index is 0.602. The van der Waals surface area contributed by atoms with Crippen LogP contribution in [0.3, 0.4) is 0 Å². The summed E-state index contributed by atoms with van der Waals surface area (Å²) in [4.78, 5) is 8.39. The van der Waals surface area contributed by atoms with Gasteiger partial charge in [-0.05, 0) is 25.8 Å². The lowest BCUT2D eigenvalue weighted by molar-refractivity contribution is 0.181. The smallest absolute Gasteiger partial charge is 0.185 e. The Morgan fingerprint density at radius 1 is 1.35 bits per heavy atom. The van der Waals surface area contributed by atoms with E-state index < -0.39 is 0 Å². The summed E-state index contributed by atoms with van der Waals surface area (Å²) in [7, 11) is 5.88. The normalized spacial score (nSPS) is 16.6. The van der Waals surface area contributed by atoms with E-state index >= 15 is 0 Å². The summed E-state index contributed by atoms with van der Waals surface area (Å²) in [5, 5.41) is 4.35. The van der Waals surface area contributed by atoms with E-state index in [9.17, 15) is 0 Å². The highest BCUT2D eigenvalue weighted by Gasteiger charge is 2.18. The highest BCUT2D eigenvalue weighted by Crippen LogP contribution is 2.29. The van der Waals surface area contributed by atoms with Crippen molar-refractivity contribution in [2.45, 2.75) is 45.3 Å². The van der Waals surface area contributed by atoms with Crippen molar-refractivity contribution in [3.63, 3.8) is 0 Å². The van der Waals surface area contributed by atoms with Gasteiger partial charge in [0.2, 0.25) is 0 Å². The van der Waals surface area contributed by atoms with Crippen molar-refractivity contribution >= 4 is 16.5 Å². The molecule has 0 saturated heterocycles. The highest BCUT2D eigenvalue weighted by atomic mass is 32.1. The van der Waals surface area contributed by atoms with Crippen LogP contribution in [0, 0.1) is 5.92 Å². The van der Waals surface area contributed by atoms with Gasteiger partial charge in [0, 0.05) is 32.1 Å². The van der Waals surface area contributed by atoms with Crippen molar-refractivity contribution in [1.29, 1.82) is 0 Å². The average Bonchev–Trinajstić information content (AvgIpc) is 2.84. The average molecular weight is 297 g/mol. The maximum atomic E-state index is 5.26. The van der Waals surface area contributed by atoms with Gasteiger partial charge in [0.15, 0.2) is 5.13 Å². The lowest BCUT2D eigenvalue weighted by atomic mass is 9.89. The van der Waals surface area contributed by atoms with Gasteiger partial charge in [0.25, 0.3) is 0 Å². The molecular formula is C15H27N3OS. The second kappa shape index (κ2) is 7.96. The van der Waals surface area contributed by atoms with Gasteiger partial charge in [0.1, 0.15) is 0 Å².